The van der Waals surface area contributed by atoms with Gasteiger partial charge in [0.15, 0.2) is 0 Å². The Balaban J connectivity index is 0.000000276. The Morgan fingerprint density at radius 2 is 0.839 bits per heavy atom. The van der Waals surface area contributed by atoms with Gasteiger partial charge in [0.05, 0.1) is 34.2 Å². The molecular weight excluding hydrogens is 1140 g/mol. The van der Waals surface area contributed by atoms with Gasteiger partial charge in [0, 0.05) is 55.2 Å². The van der Waals surface area contributed by atoms with Crippen molar-refractivity contribution in [3.05, 3.63) is 167 Å². The zero-order chi connectivity index (χ0) is 40.5. The van der Waals surface area contributed by atoms with Gasteiger partial charge in [-0.25, -0.2) is 37.1 Å². The van der Waals surface area contributed by atoms with Crippen LogP contribution in [0.15, 0.2) is 109 Å². The van der Waals surface area contributed by atoms with Crippen LogP contribution in [0.5, 0.6) is 0 Å². The van der Waals surface area contributed by atoms with Crippen LogP contribution in [0.25, 0.3) is 22.5 Å². The molecule has 0 bridgehead atoms. The van der Waals surface area contributed by atoms with Crippen molar-refractivity contribution >= 4 is 30.8 Å². The Bertz CT molecular complexity index is 2180. The maximum atomic E-state index is 14.1. The van der Waals surface area contributed by atoms with E-state index in [0.717, 1.165) is 12.1 Å². The van der Waals surface area contributed by atoms with E-state index in [0.29, 0.717) is 34.2 Å². The van der Waals surface area contributed by atoms with Gasteiger partial charge in [-0.05, 0) is 100 Å². The number of carboxylic acids is 2. The van der Waals surface area contributed by atoms with Gasteiger partial charge >= 0.3 is 47.3 Å². The topological polar surface area (TPSA) is 126 Å². The maximum Gasteiger partial charge on any atom is 0 e. The van der Waals surface area contributed by atoms with Gasteiger partial charge in [-0.3, -0.25) is 9.97 Å². The summed E-state index contributed by atoms with van der Waals surface area (Å²) in [6.07, 6.45) is 0. The van der Waals surface area contributed by atoms with Crippen LogP contribution in [0.4, 0.5) is 17.6 Å². The molecule has 4 heterocycles. The number of carbonyl (C=O) groups is 2. The molecule has 0 saturated carbocycles. The zero-order valence-electron chi connectivity index (χ0n) is 29.8. The smallest absolute Gasteiger partial charge is 0 e. The van der Waals surface area contributed by atoms with Crippen LogP contribution in [0.1, 0.15) is 71.4 Å². The van der Waals surface area contributed by atoms with E-state index in [1.165, 1.54) is 36.4 Å². The second-order valence-electron chi connectivity index (χ2n) is 12.8. The third-order valence-electron chi connectivity index (χ3n) is 8.41. The molecule has 0 saturated heterocycles. The van der Waals surface area contributed by atoms with E-state index in [1.807, 2.05) is 27.7 Å². The normalized spacial score (nSPS) is 11.0. The van der Waals surface area contributed by atoms with Gasteiger partial charge in [0.1, 0.15) is 34.7 Å². The Morgan fingerprint density at radius 3 is 1.14 bits per heavy atom. The molecule has 0 atom stereocenters. The van der Waals surface area contributed by atoms with E-state index >= 15 is 0 Å². The second-order valence-corrected chi connectivity index (χ2v) is 16.1. The summed E-state index contributed by atoms with van der Waals surface area (Å²) in [5.41, 5.74) is 1.81. The van der Waals surface area contributed by atoms with Gasteiger partial charge in [-0.15, -0.1) is 0 Å². The molecule has 0 aliphatic carbocycles. The van der Waals surface area contributed by atoms with Crippen LogP contribution in [0, 0.1) is 23.3 Å². The quantitative estimate of drug-likeness (QED) is 0.144. The molecule has 0 fully saturated rings. The molecule has 6 aromatic rings. The first-order valence-corrected chi connectivity index (χ1v) is 21.7. The number of hydrogen-bond donors (Lipinski definition) is 2. The van der Waals surface area contributed by atoms with Crippen LogP contribution < -0.4 is 0 Å². The van der Waals surface area contributed by atoms with E-state index in [2.05, 4.69) is 19.9 Å². The van der Waals surface area contributed by atoms with Crippen molar-refractivity contribution in [3.8, 4) is 22.5 Å². The molecule has 2 N–H and O–H groups in total. The number of halogens is 6. The SMILES string of the molecule is CC(C)(c1cccc(C(=O)O)n1)c1cccc(-c2ccc(F)cc2F)n1.CC(C)(c1cccc(C(=O)O)n1)c1cccc(-c2ccc(F)cc2F)n1.[Cl][Pt][Cl].[Pt]. The number of nitrogens with zero attached hydrogens (tertiary/aromatic N) is 4. The molecule has 298 valence electrons. The summed E-state index contributed by atoms with van der Waals surface area (Å²) < 4.78 is 54.4. The van der Waals surface area contributed by atoms with Gasteiger partial charge in [0.2, 0.25) is 0 Å². The minimum Gasteiger partial charge on any atom is 0 e. The third kappa shape index (κ3) is 11.4. The fourth-order valence-electron chi connectivity index (χ4n) is 5.33. The number of aromatic nitrogens is 4. The summed E-state index contributed by atoms with van der Waals surface area (Å²) in [4.78, 5) is 39.7. The number of rotatable bonds is 8. The van der Waals surface area contributed by atoms with E-state index in [1.54, 1.807) is 60.7 Å². The predicted molar refractivity (Wildman–Crippen MR) is 198 cm³/mol. The van der Waals surface area contributed by atoms with Crippen molar-refractivity contribution in [2.45, 2.75) is 38.5 Å². The molecule has 0 aliphatic rings. The third-order valence-corrected chi connectivity index (χ3v) is 8.41. The fraction of sp³-hybridized carbons (Fsp3) is 0.150. The largest absolute Gasteiger partial charge is 0 e. The monoisotopic (exact) mass is 1170 g/mol. The Labute approximate surface area is 351 Å². The minimum atomic E-state index is -1.11. The minimum absolute atomic E-state index is 0. The Kier molecular flexibility index (Phi) is 16.6. The van der Waals surface area contributed by atoms with Crippen molar-refractivity contribution in [1.82, 2.24) is 19.9 Å². The molecular formula is C40H32Cl2F4N4O4Pt2. The van der Waals surface area contributed by atoms with E-state index < -0.39 is 62.5 Å². The zero-order valence-corrected chi connectivity index (χ0v) is 35.8. The van der Waals surface area contributed by atoms with Gasteiger partial charge in [0.25, 0.3) is 0 Å². The summed E-state index contributed by atoms with van der Waals surface area (Å²) in [7, 11) is 9.75. The summed E-state index contributed by atoms with van der Waals surface area (Å²) in [6, 6.07) is 26.4. The molecule has 56 heavy (non-hydrogen) atoms. The molecule has 4 aromatic heterocycles. The van der Waals surface area contributed by atoms with Crippen LogP contribution in [-0.4, -0.2) is 42.1 Å². The predicted octanol–water partition coefficient (Wildman–Crippen LogP) is 10.3. The first-order chi connectivity index (χ1) is 26.0. The maximum absolute atomic E-state index is 14.1. The number of hydrogen-bond acceptors (Lipinski definition) is 6. The van der Waals surface area contributed by atoms with E-state index in [9.17, 15) is 27.2 Å². The molecule has 6 rings (SSSR count). The van der Waals surface area contributed by atoms with Gasteiger partial charge in [-0.1, -0.05) is 24.3 Å². The molecule has 16 heteroatoms. The first kappa shape index (κ1) is 46.0. The second kappa shape index (κ2) is 20.2. The van der Waals surface area contributed by atoms with Crippen LogP contribution in [-0.2, 0) is 48.4 Å². The number of carboxylic acid groups (broad SMARTS) is 2. The van der Waals surface area contributed by atoms with Gasteiger partial charge in [-0.2, -0.15) is 0 Å². The van der Waals surface area contributed by atoms with Crippen molar-refractivity contribution in [1.29, 1.82) is 0 Å². The molecule has 0 spiro atoms. The van der Waals surface area contributed by atoms with Crippen LogP contribution in [0.3, 0.4) is 0 Å². The van der Waals surface area contributed by atoms with E-state index in [-0.39, 0.29) is 43.6 Å². The molecule has 0 amide bonds. The molecule has 0 radical (unpaired) electrons. The number of pyridine rings is 4. The van der Waals surface area contributed by atoms with Crippen LogP contribution in [0.2, 0.25) is 0 Å². The van der Waals surface area contributed by atoms with Crippen molar-refractivity contribution in [2.75, 3.05) is 0 Å². The average Bonchev–Trinajstić information content (AvgIpc) is 3.15. The van der Waals surface area contributed by atoms with Gasteiger partial charge < -0.3 is 10.2 Å². The molecule has 0 unspecified atom stereocenters. The number of aromatic carboxylic acids is 2. The standard InChI is InChI=1S/2C20H16F2N2O2.2ClH.2Pt/c2*1-20(2,18-8-4-6-16(24-18)19(25)26)17-7-3-5-15(23-17)13-10-9-12(21)11-14(13)22;;;;/h2*3-11H,1-2H3,(H,25,26);2*1H;;/q;;;;;+2/p-2. The Hall–Kier alpha value is -4.34. The average molecular weight is 1170 g/mol. The summed E-state index contributed by atoms with van der Waals surface area (Å²) >= 11 is -0.472. The van der Waals surface area contributed by atoms with Crippen molar-refractivity contribution < 1.29 is 74.9 Å². The van der Waals surface area contributed by atoms with E-state index in [4.69, 9.17) is 29.0 Å². The van der Waals surface area contributed by atoms with Crippen molar-refractivity contribution in [2.24, 2.45) is 0 Å². The first-order valence-electron chi connectivity index (χ1n) is 16.1. The Morgan fingerprint density at radius 1 is 0.536 bits per heavy atom. The summed E-state index contributed by atoms with van der Waals surface area (Å²) in [6.45, 7) is 7.42. The fourth-order valence-corrected chi connectivity index (χ4v) is 5.33. The number of benzene rings is 2. The summed E-state index contributed by atoms with van der Waals surface area (Å²) in [5.74, 6) is -4.93. The van der Waals surface area contributed by atoms with Crippen molar-refractivity contribution in [3.63, 3.8) is 0 Å². The molecule has 0 aliphatic heterocycles. The summed E-state index contributed by atoms with van der Waals surface area (Å²) in [5, 5.41) is 18.3. The molecule has 8 nitrogen and oxygen atoms in total. The molecule has 2 aromatic carbocycles. The van der Waals surface area contributed by atoms with Crippen LogP contribution >= 0.6 is 18.8 Å².